The summed E-state index contributed by atoms with van der Waals surface area (Å²) in [5.74, 6) is -0.270. The van der Waals surface area contributed by atoms with Crippen molar-refractivity contribution < 1.29 is 4.79 Å². The van der Waals surface area contributed by atoms with Crippen LogP contribution in [0.3, 0.4) is 0 Å². The number of pyridine rings is 1. The van der Waals surface area contributed by atoms with Crippen molar-refractivity contribution in [2.75, 3.05) is 11.1 Å². The molecule has 21 heavy (non-hydrogen) atoms. The first kappa shape index (κ1) is 14.3. The van der Waals surface area contributed by atoms with Gasteiger partial charge in [-0.15, -0.1) is 11.3 Å². The zero-order chi connectivity index (χ0) is 15.0. The maximum absolute atomic E-state index is 12.3. The lowest BCUT2D eigenvalue weighted by molar-refractivity contribution is 0.103. The summed E-state index contributed by atoms with van der Waals surface area (Å²) in [6.45, 7) is 0. The second-order valence-electron chi connectivity index (χ2n) is 4.28. The Balaban J connectivity index is 1.93. The molecule has 0 saturated heterocycles. The lowest BCUT2D eigenvalue weighted by Crippen LogP contribution is -2.11. The Morgan fingerprint density at radius 1 is 1.38 bits per heavy atom. The van der Waals surface area contributed by atoms with Crippen molar-refractivity contribution in [3.8, 4) is 0 Å². The van der Waals surface area contributed by atoms with Gasteiger partial charge in [0, 0.05) is 16.4 Å². The van der Waals surface area contributed by atoms with Crippen LogP contribution < -0.4 is 11.1 Å². The molecule has 0 aliphatic rings. The molecule has 2 heterocycles. The van der Waals surface area contributed by atoms with Gasteiger partial charge in [0.2, 0.25) is 0 Å². The van der Waals surface area contributed by atoms with E-state index in [1.54, 1.807) is 24.4 Å². The van der Waals surface area contributed by atoms with Crippen LogP contribution in [0, 0.1) is 0 Å². The number of halogens is 2. The van der Waals surface area contributed by atoms with Gasteiger partial charge in [-0.1, -0.05) is 11.6 Å². The number of carbonyl (C=O) groups excluding carboxylic acids is 1. The molecular weight excluding hydrogens is 374 g/mol. The van der Waals surface area contributed by atoms with Gasteiger partial charge in [0.05, 0.1) is 15.4 Å². The first-order valence-corrected chi connectivity index (χ1v) is 7.94. The Morgan fingerprint density at radius 2 is 2.19 bits per heavy atom. The van der Waals surface area contributed by atoms with Gasteiger partial charge in [0.25, 0.3) is 5.91 Å². The van der Waals surface area contributed by atoms with E-state index in [0.29, 0.717) is 26.8 Å². The largest absolute Gasteiger partial charge is 0.396 e. The summed E-state index contributed by atoms with van der Waals surface area (Å²) in [7, 11) is 0. The molecule has 1 aromatic carbocycles. The molecule has 0 bridgehead atoms. The highest BCUT2D eigenvalue weighted by atomic mass is 79.9. The molecule has 3 aromatic rings. The van der Waals surface area contributed by atoms with E-state index in [0.717, 1.165) is 9.17 Å². The lowest BCUT2D eigenvalue weighted by atomic mass is 10.3. The summed E-state index contributed by atoms with van der Waals surface area (Å²) in [5, 5.41) is 3.31. The molecule has 0 atom stereocenters. The average Bonchev–Trinajstić information content (AvgIpc) is 2.81. The third-order valence-electron chi connectivity index (χ3n) is 2.87. The highest BCUT2D eigenvalue weighted by Crippen LogP contribution is 2.33. The van der Waals surface area contributed by atoms with Crippen LogP contribution in [-0.4, -0.2) is 10.9 Å². The molecule has 0 aliphatic carbocycles. The van der Waals surface area contributed by atoms with Crippen LogP contribution in [0.2, 0.25) is 5.02 Å². The summed E-state index contributed by atoms with van der Waals surface area (Å²) in [6, 6.07) is 8.90. The van der Waals surface area contributed by atoms with Crippen LogP contribution in [0.4, 0.5) is 11.4 Å². The minimum Gasteiger partial charge on any atom is -0.396 e. The number of hydrogen-bond donors (Lipinski definition) is 2. The Morgan fingerprint density at radius 3 is 2.90 bits per heavy atom. The van der Waals surface area contributed by atoms with Gasteiger partial charge in [-0.05, 0) is 46.3 Å². The van der Waals surface area contributed by atoms with E-state index in [4.69, 9.17) is 17.3 Å². The van der Waals surface area contributed by atoms with Gasteiger partial charge in [0.15, 0.2) is 0 Å². The summed E-state index contributed by atoms with van der Waals surface area (Å²) in [5.41, 5.74) is 7.66. The molecule has 106 valence electrons. The fourth-order valence-corrected chi connectivity index (χ4v) is 3.28. The number of nitrogens with two attached hydrogens (primary N) is 1. The Hall–Kier alpha value is -1.63. The monoisotopic (exact) mass is 381 g/mol. The molecule has 3 N–H and O–H groups in total. The van der Waals surface area contributed by atoms with E-state index in [9.17, 15) is 4.79 Å². The van der Waals surface area contributed by atoms with E-state index in [1.807, 2.05) is 12.1 Å². The highest BCUT2D eigenvalue weighted by Gasteiger charge is 2.17. The molecule has 7 heteroatoms. The number of anilines is 2. The molecule has 0 unspecified atom stereocenters. The average molecular weight is 383 g/mol. The van der Waals surface area contributed by atoms with E-state index in [2.05, 4.69) is 26.2 Å². The van der Waals surface area contributed by atoms with Crippen LogP contribution in [0.1, 0.15) is 9.67 Å². The van der Waals surface area contributed by atoms with Crippen molar-refractivity contribution in [1.29, 1.82) is 0 Å². The van der Waals surface area contributed by atoms with Crippen molar-refractivity contribution in [2.45, 2.75) is 0 Å². The van der Waals surface area contributed by atoms with Gasteiger partial charge >= 0.3 is 0 Å². The summed E-state index contributed by atoms with van der Waals surface area (Å²) >= 11 is 10.6. The van der Waals surface area contributed by atoms with Crippen LogP contribution in [0.25, 0.3) is 10.2 Å². The van der Waals surface area contributed by atoms with Crippen molar-refractivity contribution in [3.05, 3.63) is 50.9 Å². The summed E-state index contributed by atoms with van der Waals surface area (Å²) in [6.07, 6.45) is 1.65. The van der Waals surface area contributed by atoms with Gasteiger partial charge in [-0.2, -0.15) is 0 Å². The topological polar surface area (TPSA) is 68.0 Å². The molecule has 0 saturated carbocycles. The number of hydrogen-bond acceptors (Lipinski definition) is 4. The number of rotatable bonds is 2. The molecule has 0 spiro atoms. The van der Waals surface area contributed by atoms with Gasteiger partial charge in [-0.3, -0.25) is 9.78 Å². The Bertz CT molecular complexity index is 849. The van der Waals surface area contributed by atoms with E-state index in [1.165, 1.54) is 11.3 Å². The number of benzene rings is 1. The smallest absolute Gasteiger partial charge is 0.267 e. The zero-order valence-corrected chi connectivity index (χ0v) is 13.7. The number of fused-ring (bicyclic) bond motifs is 1. The van der Waals surface area contributed by atoms with E-state index >= 15 is 0 Å². The second-order valence-corrected chi connectivity index (χ2v) is 6.59. The van der Waals surface area contributed by atoms with Gasteiger partial charge in [0.1, 0.15) is 10.4 Å². The number of nitrogens with one attached hydrogen (secondary N) is 1. The Labute approximate surface area is 138 Å². The molecule has 3 rings (SSSR count). The van der Waals surface area contributed by atoms with Crippen LogP contribution in [-0.2, 0) is 0 Å². The quantitative estimate of drug-likeness (QED) is 0.683. The minimum atomic E-state index is -0.270. The maximum atomic E-state index is 12.3. The predicted molar refractivity (Wildman–Crippen MR) is 91.1 cm³/mol. The normalized spacial score (nSPS) is 10.8. The number of carbonyl (C=O) groups is 1. The number of amides is 1. The van der Waals surface area contributed by atoms with E-state index < -0.39 is 0 Å². The first-order chi connectivity index (χ1) is 10.1. The molecule has 0 fully saturated rings. The van der Waals surface area contributed by atoms with Crippen molar-refractivity contribution in [1.82, 2.24) is 4.98 Å². The fourth-order valence-electron chi connectivity index (χ4n) is 1.88. The fraction of sp³-hybridized carbons (Fsp3) is 0. The molecule has 4 nitrogen and oxygen atoms in total. The van der Waals surface area contributed by atoms with Crippen molar-refractivity contribution >= 4 is 66.4 Å². The van der Waals surface area contributed by atoms with Crippen LogP contribution in [0.5, 0.6) is 0 Å². The zero-order valence-electron chi connectivity index (χ0n) is 10.6. The summed E-state index contributed by atoms with van der Waals surface area (Å²) < 4.78 is 1.65. The standard InChI is InChI=1S/C14H9BrClN3OS/c15-8-4-3-7(6-9(8)16)19-14(20)13-11(17)12-10(21-13)2-1-5-18-12/h1-6H,17H2,(H,19,20). The van der Waals surface area contributed by atoms with Crippen molar-refractivity contribution in [2.24, 2.45) is 0 Å². The molecular formula is C14H9BrClN3OS. The van der Waals surface area contributed by atoms with Gasteiger partial charge < -0.3 is 11.1 Å². The lowest BCUT2D eigenvalue weighted by Gasteiger charge is -2.05. The number of aromatic nitrogens is 1. The second kappa shape index (κ2) is 5.63. The van der Waals surface area contributed by atoms with Crippen molar-refractivity contribution in [3.63, 3.8) is 0 Å². The third kappa shape index (κ3) is 2.74. The Kier molecular flexibility index (Phi) is 3.84. The van der Waals surface area contributed by atoms with Crippen LogP contribution in [0.15, 0.2) is 41.0 Å². The number of thiophene rings is 1. The molecule has 1 amide bonds. The summed E-state index contributed by atoms with van der Waals surface area (Å²) in [4.78, 5) is 17.0. The number of nitrogen functional groups attached to an aromatic ring is 1. The first-order valence-electron chi connectivity index (χ1n) is 5.95. The maximum Gasteiger partial charge on any atom is 0.267 e. The number of nitrogens with zero attached hydrogens (tertiary/aromatic N) is 1. The van der Waals surface area contributed by atoms with E-state index in [-0.39, 0.29) is 5.91 Å². The molecule has 0 radical (unpaired) electrons. The van der Waals surface area contributed by atoms with Crippen LogP contribution >= 0.6 is 38.9 Å². The molecule has 0 aliphatic heterocycles. The minimum absolute atomic E-state index is 0.270. The highest BCUT2D eigenvalue weighted by molar-refractivity contribution is 9.10. The predicted octanol–water partition coefficient (Wildman–Crippen LogP) is 4.55. The van der Waals surface area contributed by atoms with Gasteiger partial charge in [-0.25, -0.2) is 0 Å². The SMILES string of the molecule is Nc1c(C(=O)Nc2ccc(Br)c(Cl)c2)sc2cccnc12. The third-order valence-corrected chi connectivity index (χ3v) is 5.26. The molecule has 2 aromatic heterocycles.